The lowest BCUT2D eigenvalue weighted by Crippen LogP contribution is -2.26. The van der Waals surface area contributed by atoms with Crippen LogP contribution in [0.4, 0.5) is 5.82 Å². The van der Waals surface area contributed by atoms with Crippen molar-refractivity contribution < 1.29 is 4.79 Å². The summed E-state index contributed by atoms with van der Waals surface area (Å²) in [5.41, 5.74) is 1.43. The Kier molecular flexibility index (Phi) is 4.53. The first-order chi connectivity index (χ1) is 9.61. The first kappa shape index (κ1) is 14.3. The zero-order valence-corrected chi connectivity index (χ0v) is 12.1. The van der Waals surface area contributed by atoms with Gasteiger partial charge in [0.05, 0.1) is 10.6 Å². The van der Waals surface area contributed by atoms with E-state index in [1.165, 1.54) is 6.20 Å². The van der Waals surface area contributed by atoms with Crippen molar-refractivity contribution in [3.05, 3.63) is 52.9 Å². The van der Waals surface area contributed by atoms with Crippen LogP contribution in [0.1, 0.15) is 15.9 Å². The van der Waals surface area contributed by atoms with Gasteiger partial charge in [-0.3, -0.25) is 9.78 Å². The van der Waals surface area contributed by atoms with E-state index in [0.717, 1.165) is 5.56 Å². The Morgan fingerprint density at radius 2 is 2.25 bits per heavy atom. The summed E-state index contributed by atoms with van der Waals surface area (Å²) < 4.78 is 0. The van der Waals surface area contributed by atoms with Crippen molar-refractivity contribution >= 4 is 23.3 Å². The van der Waals surface area contributed by atoms with Gasteiger partial charge in [-0.05, 0) is 17.7 Å². The van der Waals surface area contributed by atoms with Crippen LogP contribution in [0.3, 0.4) is 0 Å². The number of rotatable bonds is 4. The molecule has 2 aromatic rings. The summed E-state index contributed by atoms with van der Waals surface area (Å²) in [6.45, 7) is 0.484. The quantitative estimate of drug-likeness (QED) is 0.940. The maximum absolute atomic E-state index is 12.3. The molecule has 0 aliphatic heterocycles. The van der Waals surface area contributed by atoms with E-state index >= 15 is 0 Å². The molecule has 2 heterocycles. The molecule has 0 aliphatic carbocycles. The van der Waals surface area contributed by atoms with Crippen LogP contribution in [0.25, 0.3) is 0 Å². The molecule has 0 radical (unpaired) electrons. The molecule has 6 heteroatoms. The summed E-state index contributed by atoms with van der Waals surface area (Å²) in [7, 11) is 3.46. The van der Waals surface area contributed by atoms with Gasteiger partial charge in [-0.25, -0.2) is 4.98 Å². The van der Waals surface area contributed by atoms with Gasteiger partial charge in [0, 0.05) is 39.2 Å². The van der Waals surface area contributed by atoms with Crippen molar-refractivity contribution in [3.63, 3.8) is 0 Å². The molecule has 20 heavy (non-hydrogen) atoms. The van der Waals surface area contributed by atoms with Crippen LogP contribution in [0.2, 0.25) is 5.02 Å². The van der Waals surface area contributed by atoms with Gasteiger partial charge in [-0.2, -0.15) is 0 Å². The van der Waals surface area contributed by atoms with Crippen LogP contribution < -0.4 is 5.32 Å². The number of pyridine rings is 2. The highest BCUT2D eigenvalue weighted by Gasteiger charge is 2.14. The van der Waals surface area contributed by atoms with E-state index in [1.54, 1.807) is 37.5 Å². The SMILES string of the molecule is CNc1ncc(C(=O)N(C)Cc2cccnc2)cc1Cl. The van der Waals surface area contributed by atoms with Crippen LogP contribution in [-0.4, -0.2) is 34.9 Å². The van der Waals surface area contributed by atoms with E-state index in [1.807, 2.05) is 12.1 Å². The number of halogens is 1. The molecule has 0 aliphatic rings. The van der Waals surface area contributed by atoms with Gasteiger partial charge in [-0.15, -0.1) is 0 Å². The van der Waals surface area contributed by atoms with Crippen molar-refractivity contribution in [3.8, 4) is 0 Å². The molecule has 0 aromatic carbocycles. The topological polar surface area (TPSA) is 58.1 Å². The van der Waals surface area contributed by atoms with Gasteiger partial charge in [0.25, 0.3) is 5.91 Å². The van der Waals surface area contributed by atoms with Crippen molar-refractivity contribution in [1.29, 1.82) is 0 Å². The third-order valence-corrected chi connectivity index (χ3v) is 3.10. The fourth-order valence-corrected chi connectivity index (χ4v) is 2.06. The molecule has 0 spiro atoms. The Morgan fingerprint density at radius 1 is 1.45 bits per heavy atom. The number of nitrogens with one attached hydrogen (secondary N) is 1. The van der Waals surface area contributed by atoms with Crippen molar-refractivity contribution in [1.82, 2.24) is 14.9 Å². The smallest absolute Gasteiger partial charge is 0.255 e. The highest BCUT2D eigenvalue weighted by Crippen LogP contribution is 2.20. The van der Waals surface area contributed by atoms with Gasteiger partial charge >= 0.3 is 0 Å². The second kappa shape index (κ2) is 6.34. The second-order valence-electron chi connectivity index (χ2n) is 4.33. The summed E-state index contributed by atoms with van der Waals surface area (Å²) in [6, 6.07) is 5.38. The third kappa shape index (κ3) is 3.24. The summed E-state index contributed by atoms with van der Waals surface area (Å²) in [4.78, 5) is 22.0. The van der Waals surface area contributed by atoms with Gasteiger partial charge in [-0.1, -0.05) is 17.7 Å². The fourth-order valence-electron chi connectivity index (χ4n) is 1.80. The van der Waals surface area contributed by atoms with Crippen molar-refractivity contribution in [2.75, 3.05) is 19.4 Å². The first-order valence-corrected chi connectivity index (χ1v) is 6.47. The third-order valence-electron chi connectivity index (χ3n) is 2.81. The van der Waals surface area contributed by atoms with Crippen LogP contribution in [0.5, 0.6) is 0 Å². The van der Waals surface area contributed by atoms with Gasteiger partial charge in [0.2, 0.25) is 0 Å². The first-order valence-electron chi connectivity index (χ1n) is 6.09. The van der Waals surface area contributed by atoms with Crippen LogP contribution in [0, 0.1) is 0 Å². The average molecular weight is 291 g/mol. The summed E-state index contributed by atoms with van der Waals surface area (Å²) in [6.07, 6.45) is 4.95. The molecule has 1 amide bonds. The molecule has 0 bridgehead atoms. The van der Waals surface area contributed by atoms with Crippen molar-refractivity contribution in [2.24, 2.45) is 0 Å². The molecule has 2 aromatic heterocycles. The predicted molar refractivity (Wildman–Crippen MR) is 78.8 cm³/mol. The number of anilines is 1. The second-order valence-corrected chi connectivity index (χ2v) is 4.73. The maximum Gasteiger partial charge on any atom is 0.255 e. The number of aromatic nitrogens is 2. The number of nitrogens with zero attached hydrogens (tertiary/aromatic N) is 3. The van der Waals surface area contributed by atoms with Crippen LogP contribution in [-0.2, 0) is 6.54 Å². The normalized spacial score (nSPS) is 10.2. The molecule has 2 rings (SSSR count). The Bertz CT molecular complexity index is 603. The minimum atomic E-state index is -0.133. The number of amides is 1. The molecule has 0 fully saturated rings. The Hall–Kier alpha value is -2.14. The lowest BCUT2D eigenvalue weighted by Gasteiger charge is -2.17. The molecule has 0 atom stereocenters. The zero-order valence-electron chi connectivity index (χ0n) is 11.3. The lowest BCUT2D eigenvalue weighted by molar-refractivity contribution is 0.0784. The molecular formula is C14H15ClN4O. The molecule has 0 saturated carbocycles. The minimum absolute atomic E-state index is 0.133. The van der Waals surface area contributed by atoms with Gasteiger partial charge in [0.1, 0.15) is 5.82 Å². The van der Waals surface area contributed by atoms with E-state index < -0.39 is 0 Å². The molecule has 1 N–H and O–H groups in total. The monoisotopic (exact) mass is 290 g/mol. The number of hydrogen-bond acceptors (Lipinski definition) is 4. The largest absolute Gasteiger partial charge is 0.372 e. The number of carbonyl (C=O) groups excluding carboxylic acids is 1. The van der Waals surface area contributed by atoms with E-state index in [-0.39, 0.29) is 5.91 Å². The Morgan fingerprint density at radius 3 is 2.85 bits per heavy atom. The Labute approximate surface area is 122 Å². The van der Waals surface area contributed by atoms with E-state index in [4.69, 9.17) is 11.6 Å². The maximum atomic E-state index is 12.3. The molecular weight excluding hydrogens is 276 g/mol. The van der Waals surface area contributed by atoms with Gasteiger partial charge in [0.15, 0.2) is 0 Å². The van der Waals surface area contributed by atoms with E-state index in [0.29, 0.717) is 22.9 Å². The number of carbonyl (C=O) groups is 1. The van der Waals surface area contributed by atoms with Crippen LogP contribution >= 0.6 is 11.6 Å². The van der Waals surface area contributed by atoms with Crippen LogP contribution in [0.15, 0.2) is 36.8 Å². The zero-order chi connectivity index (χ0) is 14.5. The number of hydrogen-bond donors (Lipinski definition) is 1. The average Bonchev–Trinajstić information content (AvgIpc) is 2.47. The summed E-state index contributed by atoms with van der Waals surface area (Å²) in [5, 5.41) is 3.28. The predicted octanol–water partition coefficient (Wildman–Crippen LogP) is 2.44. The van der Waals surface area contributed by atoms with E-state index in [2.05, 4.69) is 15.3 Å². The fraction of sp³-hybridized carbons (Fsp3) is 0.214. The minimum Gasteiger partial charge on any atom is -0.372 e. The lowest BCUT2D eigenvalue weighted by atomic mass is 10.2. The summed E-state index contributed by atoms with van der Waals surface area (Å²) in [5.74, 6) is 0.420. The highest BCUT2D eigenvalue weighted by atomic mass is 35.5. The van der Waals surface area contributed by atoms with Crippen molar-refractivity contribution in [2.45, 2.75) is 6.54 Å². The Balaban J connectivity index is 2.12. The molecule has 0 unspecified atom stereocenters. The standard InChI is InChI=1S/C14H15ClN4O/c1-16-13-12(15)6-11(8-18-13)14(20)19(2)9-10-4-3-5-17-7-10/h3-8H,9H2,1-2H3,(H,16,18). The summed E-state index contributed by atoms with van der Waals surface area (Å²) >= 11 is 6.03. The van der Waals surface area contributed by atoms with Gasteiger partial charge < -0.3 is 10.2 Å². The molecule has 5 nitrogen and oxygen atoms in total. The molecule has 0 saturated heterocycles. The molecule has 104 valence electrons. The highest BCUT2D eigenvalue weighted by molar-refractivity contribution is 6.33. The van der Waals surface area contributed by atoms with E-state index in [9.17, 15) is 4.79 Å².